The van der Waals surface area contributed by atoms with Crippen LogP contribution in [0.1, 0.15) is 61.5 Å². The average Bonchev–Trinajstić information content (AvgIpc) is 3.42. The topological polar surface area (TPSA) is 129 Å². The minimum atomic E-state index is -0.660. The number of amides is 4. The molecular formula is C30H43N7O4. The number of anilines is 1. The second-order valence-corrected chi connectivity index (χ2v) is 11.2. The summed E-state index contributed by atoms with van der Waals surface area (Å²) in [6.45, 7) is 4.65. The summed E-state index contributed by atoms with van der Waals surface area (Å²) in [5.74, 6) is -0.751. The smallest absolute Gasteiger partial charge is 0.270 e. The fourth-order valence-electron chi connectivity index (χ4n) is 5.60. The van der Waals surface area contributed by atoms with E-state index < -0.39 is 12.1 Å². The summed E-state index contributed by atoms with van der Waals surface area (Å²) in [6, 6.07) is 7.65. The van der Waals surface area contributed by atoms with E-state index in [1.54, 1.807) is 38.4 Å². The minimum absolute atomic E-state index is 0.0590. The summed E-state index contributed by atoms with van der Waals surface area (Å²) in [5, 5.41) is 12.9. The van der Waals surface area contributed by atoms with Crippen molar-refractivity contribution in [1.29, 1.82) is 0 Å². The maximum absolute atomic E-state index is 13.5. The van der Waals surface area contributed by atoms with E-state index in [2.05, 4.69) is 25.9 Å². The molecular weight excluding hydrogens is 522 g/mol. The van der Waals surface area contributed by atoms with E-state index in [4.69, 9.17) is 0 Å². The zero-order valence-electron chi connectivity index (χ0n) is 24.4. The molecule has 1 saturated carbocycles. The molecule has 1 unspecified atom stereocenters. The number of hydrogen-bond acceptors (Lipinski definition) is 6. The van der Waals surface area contributed by atoms with E-state index in [0.717, 1.165) is 50.8 Å². The highest BCUT2D eigenvalue weighted by Crippen LogP contribution is 2.27. The fourth-order valence-corrected chi connectivity index (χ4v) is 5.60. The number of hydrogen-bond donors (Lipinski definition) is 3. The lowest BCUT2D eigenvalue weighted by atomic mass is 9.83. The maximum atomic E-state index is 13.5. The summed E-state index contributed by atoms with van der Waals surface area (Å²) < 4.78 is 1.49. The Hall–Kier alpha value is -3.73. The van der Waals surface area contributed by atoms with Crippen molar-refractivity contribution in [3.05, 3.63) is 47.8 Å². The first-order chi connectivity index (χ1) is 19.7. The van der Waals surface area contributed by atoms with E-state index in [1.165, 1.54) is 4.68 Å². The Bertz CT molecular complexity index is 1200. The van der Waals surface area contributed by atoms with E-state index in [1.807, 2.05) is 24.1 Å². The number of benzene rings is 1. The highest BCUT2D eigenvalue weighted by Gasteiger charge is 2.32. The molecule has 0 radical (unpaired) electrons. The van der Waals surface area contributed by atoms with Gasteiger partial charge in [-0.25, -0.2) is 0 Å². The number of aromatic nitrogens is 2. The van der Waals surface area contributed by atoms with Gasteiger partial charge in [-0.1, -0.05) is 38.3 Å². The Labute approximate surface area is 242 Å². The third kappa shape index (κ3) is 8.16. The van der Waals surface area contributed by atoms with Crippen LogP contribution in [0.15, 0.2) is 36.5 Å². The van der Waals surface area contributed by atoms with Crippen LogP contribution < -0.4 is 16.0 Å². The number of likely N-dealkylation sites (N-methyl/N-ethyl adjacent to an activating group) is 1. The predicted molar refractivity (Wildman–Crippen MR) is 156 cm³/mol. The van der Waals surface area contributed by atoms with Crippen LogP contribution in [0.25, 0.3) is 0 Å². The zero-order valence-corrected chi connectivity index (χ0v) is 24.4. The lowest BCUT2D eigenvalue weighted by Gasteiger charge is -2.34. The van der Waals surface area contributed by atoms with Crippen molar-refractivity contribution in [2.24, 2.45) is 13.0 Å². The van der Waals surface area contributed by atoms with Crippen LogP contribution in [-0.2, 0) is 27.9 Å². The third-order valence-electron chi connectivity index (χ3n) is 8.17. The SMILES string of the molecule is CCC(=O)N[C@H](Cc1ccc(NC(=O)C(NC(=O)c2ccnn2C)C2CCCCC2)cc1)C(=O)N1CCN(C)CC1. The summed E-state index contributed by atoms with van der Waals surface area (Å²) >= 11 is 0. The second kappa shape index (κ2) is 14.2. The lowest BCUT2D eigenvalue weighted by molar-refractivity contribution is -0.137. The molecule has 2 aliphatic rings. The summed E-state index contributed by atoms with van der Waals surface area (Å²) in [4.78, 5) is 55.9. The molecule has 1 aliphatic heterocycles. The molecule has 2 aromatic rings. The van der Waals surface area contributed by atoms with Gasteiger partial charge in [-0.2, -0.15) is 5.10 Å². The molecule has 4 rings (SSSR count). The van der Waals surface area contributed by atoms with Crippen molar-refractivity contribution < 1.29 is 19.2 Å². The van der Waals surface area contributed by atoms with Gasteiger partial charge in [0, 0.05) is 58.0 Å². The molecule has 4 amide bonds. The van der Waals surface area contributed by atoms with Crippen LogP contribution in [-0.4, -0.2) is 88.5 Å². The number of carbonyl (C=O) groups is 4. The van der Waals surface area contributed by atoms with Crippen LogP contribution in [0.5, 0.6) is 0 Å². The molecule has 1 aliphatic carbocycles. The van der Waals surface area contributed by atoms with Gasteiger partial charge >= 0.3 is 0 Å². The Balaban J connectivity index is 1.42. The van der Waals surface area contributed by atoms with E-state index in [-0.39, 0.29) is 29.5 Å². The third-order valence-corrected chi connectivity index (χ3v) is 8.17. The van der Waals surface area contributed by atoms with Crippen LogP contribution >= 0.6 is 0 Å². The van der Waals surface area contributed by atoms with Crippen molar-refractivity contribution in [2.45, 2.75) is 64.0 Å². The predicted octanol–water partition coefficient (Wildman–Crippen LogP) is 1.95. The number of rotatable bonds is 10. The molecule has 2 atom stereocenters. The number of piperazine rings is 1. The number of aryl methyl sites for hydroxylation is 1. The summed E-state index contributed by atoms with van der Waals surface area (Å²) in [5.41, 5.74) is 1.88. The van der Waals surface area contributed by atoms with Gasteiger partial charge in [0.25, 0.3) is 5.91 Å². The Kier molecular flexibility index (Phi) is 10.5. The first kappa shape index (κ1) is 30.2. The second-order valence-electron chi connectivity index (χ2n) is 11.2. The molecule has 222 valence electrons. The molecule has 0 bridgehead atoms. The number of carbonyl (C=O) groups excluding carboxylic acids is 4. The molecule has 1 saturated heterocycles. The lowest BCUT2D eigenvalue weighted by Crippen LogP contribution is -2.54. The van der Waals surface area contributed by atoms with Crippen molar-refractivity contribution in [3.63, 3.8) is 0 Å². The van der Waals surface area contributed by atoms with Crippen LogP contribution in [0.4, 0.5) is 5.69 Å². The van der Waals surface area contributed by atoms with E-state index in [9.17, 15) is 19.2 Å². The van der Waals surface area contributed by atoms with Crippen molar-refractivity contribution in [3.8, 4) is 0 Å². The standard InChI is InChI=1S/C30H43N7O4/c1-4-26(38)33-24(30(41)37-18-16-35(2)17-19-37)20-21-10-12-23(13-11-21)32-29(40)27(22-8-6-5-7-9-22)34-28(39)25-14-15-31-36(25)3/h10-15,22,24,27H,4-9,16-20H2,1-3H3,(H,32,40)(H,33,38)(H,34,39)/t24-,27?/m1/s1. The number of nitrogens with one attached hydrogen (secondary N) is 3. The average molecular weight is 566 g/mol. The van der Waals surface area contributed by atoms with Gasteiger partial charge < -0.3 is 25.8 Å². The van der Waals surface area contributed by atoms with Crippen molar-refractivity contribution >= 4 is 29.3 Å². The zero-order chi connectivity index (χ0) is 29.4. The molecule has 1 aromatic heterocycles. The van der Waals surface area contributed by atoms with Gasteiger partial charge in [0.2, 0.25) is 17.7 Å². The van der Waals surface area contributed by atoms with Crippen molar-refractivity contribution in [1.82, 2.24) is 30.2 Å². The highest BCUT2D eigenvalue weighted by molar-refractivity contribution is 6.00. The first-order valence-electron chi connectivity index (χ1n) is 14.7. The molecule has 0 spiro atoms. The van der Waals surface area contributed by atoms with Crippen LogP contribution in [0.3, 0.4) is 0 Å². The van der Waals surface area contributed by atoms with Gasteiger partial charge in [-0.3, -0.25) is 23.9 Å². The van der Waals surface area contributed by atoms with E-state index >= 15 is 0 Å². The summed E-state index contributed by atoms with van der Waals surface area (Å²) in [7, 11) is 3.73. The summed E-state index contributed by atoms with van der Waals surface area (Å²) in [6.07, 6.45) is 7.19. The first-order valence-corrected chi connectivity index (χ1v) is 14.7. The molecule has 2 fully saturated rings. The maximum Gasteiger partial charge on any atom is 0.270 e. The molecule has 11 heteroatoms. The molecule has 1 aromatic carbocycles. The van der Waals surface area contributed by atoms with Gasteiger partial charge in [0.05, 0.1) is 0 Å². The van der Waals surface area contributed by atoms with Crippen molar-refractivity contribution in [2.75, 3.05) is 38.5 Å². The Morgan fingerprint density at radius 1 is 0.927 bits per heavy atom. The molecule has 41 heavy (non-hydrogen) atoms. The van der Waals surface area contributed by atoms with Crippen LogP contribution in [0, 0.1) is 5.92 Å². The quantitative estimate of drug-likeness (QED) is 0.404. The fraction of sp³-hybridized carbons (Fsp3) is 0.567. The Morgan fingerprint density at radius 2 is 1.61 bits per heavy atom. The molecule has 11 nitrogen and oxygen atoms in total. The van der Waals surface area contributed by atoms with Gasteiger partial charge in [0.15, 0.2) is 0 Å². The normalized spacial score (nSPS) is 17.9. The Morgan fingerprint density at radius 3 is 2.22 bits per heavy atom. The van der Waals surface area contributed by atoms with Gasteiger partial charge in [-0.05, 0) is 49.6 Å². The number of nitrogens with zero attached hydrogens (tertiary/aromatic N) is 4. The highest BCUT2D eigenvalue weighted by atomic mass is 16.2. The van der Waals surface area contributed by atoms with E-state index in [0.29, 0.717) is 37.3 Å². The minimum Gasteiger partial charge on any atom is -0.344 e. The molecule has 3 N–H and O–H groups in total. The largest absolute Gasteiger partial charge is 0.344 e. The molecule has 2 heterocycles. The van der Waals surface area contributed by atoms with Crippen LogP contribution in [0.2, 0.25) is 0 Å². The van der Waals surface area contributed by atoms with Gasteiger partial charge in [-0.15, -0.1) is 0 Å². The van der Waals surface area contributed by atoms with Gasteiger partial charge in [0.1, 0.15) is 17.8 Å². The monoisotopic (exact) mass is 565 g/mol.